The number of carboxylic acid groups (broad SMARTS) is 2. The molecule has 0 spiro atoms. The topological polar surface area (TPSA) is 499 Å². The average Bonchev–Trinajstić information content (AvgIpc) is 1.58. The Hall–Kier alpha value is -10.4. The number of rotatable bonds is 38. The predicted octanol–water partition coefficient (Wildman–Crippen LogP) is -1.16. The van der Waals surface area contributed by atoms with Crippen LogP contribution in [0.25, 0.3) is 0 Å². The zero-order chi connectivity index (χ0) is 70.8. The summed E-state index contributed by atoms with van der Waals surface area (Å²) in [5.74, 6) is -12.8. The van der Waals surface area contributed by atoms with Gasteiger partial charge in [0.05, 0.1) is 19.1 Å². The summed E-state index contributed by atoms with van der Waals surface area (Å²) < 4.78 is 0. The molecule has 1 fully saturated rings. The summed E-state index contributed by atoms with van der Waals surface area (Å²) >= 11 is 0. The Bertz CT molecular complexity index is 3290. The first-order chi connectivity index (χ1) is 45.5. The van der Waals surface area contributed by atoms with Gasteiger partial charge >= 0.3 is 11.9 Å². The monoisotopic (exact) mass is 1340 g/mol. The average molecular weight is 1340 g/mol. The van der Waals surface area contributed by atoms with Crippen LogP contribution in [0.3, 0.4) is 0 Å². The number of nitrogens with zero attached hydrogens (tertiary/aromatic N) is 4. The van der Waals surface area contributed by atoms with Gasteiger partial charge in [-0.25, -0.2) is 14.8 Å². The second-order valence-corrected chi connectivity index (χ2v) is 24.5. The standard InChI is InChI=1S/C64H91N17O15/c1-8-36(6)53(80-58(90)45(26-39-18-20-42(83)21-19-39)76-60(92)52(35(4)5)79-54(86)43(16-12-22-69-64(65)66)73-57(89)47(29-51(84)85)72-37(7)82)61(93)77-48(28-41-31-68-33-71-41)62(94)81-23-13-17-50(81)59(91)75-44(25-38-14-10-9-11-15-38)55(87)74-46(27-40-30-67-32-70-40)56(88)78-49(63(95)96)24-34(2)3/h9-11,14-15,18-21,30-36,43-50,52-53,83H,8,12-13,16-17,22-29H2,1-7H3,(H,67,70)(H,68,71)(H,72,82)(H,73,89)(H,74,87)(H,75,91)(H,76,92)(H,77,93)(H,78,88)(H,79,86)(H,80,90)(H,84,85)(H,95,96)(H4,65,66,69)/t36-,43-,44-,45-,46-,47-,48-,49-,50-,52-,53-/m0/s1. The Morgan fingerprint density at radius 2 is 1.10 bits per heavy atom. The summed E-state index contributed by atoms with van der Waals surface area (Å²) in [5.41, 5.74) is 12.9. The van der Waals surface area contributed by atoms with Gasteiger partial charge in [0.2, 0.25) is 59.1 Å². The molecule has 2 aromatic heterocycles. The maximum Gasteiger partial charge on any atom is 0.326 e. The molecule has 10 amide bonds. The third-order valence-electron chi connectivity index (χ3n) is 16.0. The van der Waals surface area contributed by atoms with Crippen LogP contribution >= 0.6 is 0 Å². The zero-order valence-corrected chi connectivity index (χ0v) is 54.9. The van der Waals surface area contributed by atoms with Crippen molar-refractivity contribution in [3.8, 4) is 5.75 Å². The molecule has 5 rings (SSSR count). The Kier molecular flexibility index (Phi) is 29.8. The van der Waals surface area contributed by atoms with Gasteiger partial charge in [-0.15, -0.1) is 0 Å². The lowest BCUT2D eigenvalue weighted by molar-refractivity contribution is -0.143. The highest BCUT2D eigenvalue weighted by atomic mass is 16.4. The largest absolute Gasteiger partial charge is 0.508 e. The lowest BCUT2D eigenvalue weighted by Gasteiger charge is -2.32. The van der Waals surface area contributed by atoms with Crippen LogP contribution in [0.5, 0.6) is 5.75 Å². The van der Waals surface area contributed by atoms with Crippen LogP contribution in [-0.2, 0) is 83.2 Å². The summed E-state index contributed by atoms with van der Waals surface area (Å²) in [6.07, 6.45) is 4.98. The number of likely N-dealkylation sites (tertiary alicyclic amines) is 1. The molecule has 0 unspecified atom stereocenters. The summed E-state index contributed by atoms with van der Waals surface area (Å²) in [7, 11) is 0. The SMILES string of the molecule is CC[C@H](C)[C@H](NC(=O)[C@H](Cc1ccc(O)cc1)NC(=O)[C@@H](NC(=O)[C@H](CCCN=C(N)N)NC(=O)[C@H](CC(=O)O)NC(C)=O)C(C)C)C(=O)N[C@@H](Cc1cnc[nH]1)C(=O)N1CCC[C@H]1C(=O)N[C@@H](Cc1ccccc1)C(=O)N[C@@H](Cc1cnc[nH]1)C(=O)N[C@@H](CC(C)C)C(=O)O. The molecule has 96 heavy (non-hydrogen) atoms. The minimum atomic E-state index is -1.59. The molecule has 1 saturated heterocycles. The Morgan fingerprint density at radius 3 is 1.65 bits per heavy atom. The van der Waals surface area contributed by atoms with E-state index in [0.717, 1.165) is 6.92 Å². The Balaban J connectivity index is 1.41. The minimum absolute atomic E-state index is 0.00386. The van der Waals surface area contributed by atoms with Crippen LogP contribution < -0.4 is 59.3 Å². The lowest BCUT2D eigenvalue weighted by Crippen LogP contribution is -2.62. The first-order valence-corrected chi connectivity index (χ1v) is 31.8. The Morgan fingerprint density at radius 1 is 0.604 bits per heavy atom. The normalized spacial score (nSPS) is 15.9. The van der Waals surface area contributed by atoms with Crippen molar-refractivity contribution < 1.29 is 72.9 Å². The molecule has 2 aromatic carbocycles. The molecule has 522 valence electrons. The molecule has 0 aliphatic carbocycles. The van der Waals surface area contributed by atoms with Gasteiger partial charge in [-0.05, 0) is 73.1 Å². The van der Waals surface area contributed by atoms with Crippen molar-refractivity contribution in [2.45, 2.75) is 180 Å². The van der Waals surface area contributed by atoms with Crippen LogP contribution in [0, 0.1) is 17.8 Å². The number of aromatic amines is 2. The number of nitrogens with one attached hydrogen (secondary N) is 11. The molecule has 0 saturated carbocycles. The van der Waals surface area contributed by atoms with E-state index in [9.17, 15) is 68.1 Å². The van der Waals surface area contributed by atoms with Crippen LogP contribution in [0.1, 0.15) is 116 Å². The van der Waals surface area contributed by atoms with Crippen molar-refractivity contribution >= 4 is 77.0 Å². The number of aromatic nitrogens is 4. The second-order valence-electron chi connectivity index (χ2n) is 24.5. The maximum atomic E-state index is 15.1. The van der Waals surface area contributed by atoms with Gasteiger partial charge in [-0.1, -0.05) is 90.4 Å². The van der Waals surface area contributed by atoms with Crippen LogP contribution in [0.2, 0.25) is 0 Å². The highest BCUT2D eigenvalue weighted by Gasteiger charge is 2.42. The Labute approximate surface area is 555 Å². The first-order valence-electron chi connectivity index (χ1n) is 31.8. The van der Waals surface area contributed by atoms with Crippen molar-refractivity contribution in [2.24, 2.45) is 34.2 Å². The quantitative estimate of drug-likeness (QED) is 0.0143. The van der Waals surface area contributed by atoms with E-state index in [2.05, 4.69) is 72.8 Å². The molecular formula is C64H91N17O15. The number of amides is 10. The van der Waals surface area contributed by atoms with E-state index in [1.165, 1.54) is 54.2 Å². The van der Waals surface area contributed by atoms with Crippen molar-refractivity contribution in [1.82, 2.24) is 72.7 Å². The van der Waals surface area contributed by atoms with Gasteiger partial charge in [0, 0.05) is 69.5 Å². The molecule has 0 bridgehead atoms. The van der Waals surface area contributed by atoms with E-state index < -0.39 is 150 Å². The molecule has 1 aliphatic heterocycles. The van der Waals surface area contributed by atoms with E-state index >= 15 is 4.79 Å². The van der Waals surface area contributed by atoms with Gasteiger partial charge in [-0.2, -0.15) is 0 Å². The van der Waals surface area contributed by atoms with Crippen molar-refractivity contribution in [1.29, 1.82) is 0 Å². The number of guanidine groups is 1. The van der Waals surface area contributed by atoms with E-state index in [-0.39, 0.29) is 82.1 Å². The maximum absolute atomic E-state index is 15.1. The number of carbonyl (C=O) groups excluding carboxylic acids is 10. The molecule has 4 aromatic rings. The number of H-pyrrole nitrogens is 2. The molecule has 32 heteroatoms. The number of benzene rings is 2. The molecule has 3 heterocycles. The number of aliphatic imine (C=N–C) groups is 1. The smallest absolute Gasteiger partial charge is 0.326 e. The van der Waals surface area contributed by atoms with Gasteiger partial charge < -0.3 is 89.5 Å². The number of carboxylic acids is 2. The highest BCUT2D eigenvalue weighted by Crippen LogP contribution is 2.22. The lowest BCUT2D eigenvalue weighted by atomic mass is 9.96. The van der Waals surface area contributed by atoms with E-state index in [0.29, 0.717) is 35.4 Å². The van der Waals surface area contributed by atoms with Crippen LogP contribution in [-0.4, -0.2) is 191 Å². The fraction of sp³-hybridized carbons (Fsp3) is 0.516. The van der Waals surface area contributed by atoms with Gasteiger partial charge in [0.15, 0.2) is 5.96 Å². The number of hydrogen-bond acceptors (Lipinski definition) is 16. The number of aromatic hydroxyl groups is 1. The fourth-order valence-electron chi connectivity index (χ4n) is 10.7. The number of imidazole rings is 2. The summed E-state index contributed by atoms with van der Waals surface area (Å²) in [5, 5.41) is 53.3. The number of phenolic OH excluding ortho intramolecular Hbond substituents is 1. The zero-order valence-electron chi connectivity index (χ0n) is 54.9. The molecule has 32 nitrogen and oxygen atoms in total. The fourth-order valence-corrected chi connectivity index (χ4v) is 10.7. The molecular weight excluding hydrogens is 1250 g/mol. The summed E-state index contributed by atoms with van der Waals surface area (Å²) in [4.78, 5) is 185. The number of nitrogens with two attached hydrogens (primary N) is 2. The number of hydrogen-bond donors (Lipinski definition) is 16. The van der Waals surface area contributed by atoms with Crippen molar-refractivity contribution in [3.05, 3.63) is 102 Å². The van der Waals surface area contributed by atoms with E-state index in [1.54, 1.807) is 71.9 Å². The van der Waals surface area contributed by atoms with Crippen molar-refractivity contribution in [3.63, 3.8) is 0 Å². The van der Waals surface area contributed by atoms with Crippen LogP contribution in [0.4, 0.5) is 0 Å². The third kappa shape index (κ3) is 24.5. The second kappa shape index (κ2) is 37.5. The highest BCUT2D eigenvalue weighted by molar-refractivity contribution is 5.99. The number of phenols is 1. The molecule has 18 N–H and O–H groups in total. The molecule has 0 radical (unpaired) electrons. The van der Waals surface area contributed by atoms with Gasteiger partial charge in [-0.3, -0.25) is 57.7 Å². The molecule has 11 atom stereocenters. The minimum Gasteiger partial charge on any atom is -0.508 e. The van der Waals surface area contributed by atoms with Crippen molar-refractivity contribution in [2.75, 3.05) is 13.1 Å². The third-order valence-corrected chi connectivity index (χ3v) is 16.0. The predicted molar refractivity (Wildman–Crippen MR) is 348 cm³/mol. The van der Waals surface area contributed by atoms with Crippen LogP contribution in [0.15, 0.2) is 84.6 Å². The summed E-state index contributed by atoms with van der Waals surface area (Å²) in [6, 6.07) is 0.484. The number of carbonyl (C=O) groups is 12. The summed E-state index contributed by atoms with van der Waals surface area (Å²) in [6.45, 7) is 11.3. The first kappa shape index (κ1) is 76.3. The van der Waals surface area contributed by atoms with E-state index in [1.807, 2.05) is 0 Å². The number of aliphatic carboxylic acids is 2. The van der Waals surface area contributed by atoms with Gasteiger partial charge in [0.1, 0.15) is 66.2 Å². The molecule has 1 aliphatic rings. The van der Waals surface area contributed by atoms with Gasteiger partial charge in [0.25, 0.3) is 0 Å². The van der Waals surface area contributed by atoms with E-state index in [4.69, 9.17) is 11.5 Å².